The van der Waals surface area contributed by atoms with Crippen molar-refractivity contribution in [3.05, 3.63) is 0 Å². The average molecular weight is 221 g/mol. The molecule has 0 aliphatic carbocycles. The Hall–Kier alpha value is -0.500. The summed E-state index contributed by atoms with van der Waals surface area (Å²) in [6.07, 6.45) is -3.07. The molecule has 0 aromatic heterocycles. The fraction of sp³-hybridized carbons (Fsp3) is 0.857. The van der Waals surface area contributed by atoms with E-state index in [0.717, 1.165) is 0 Å². The van der Waals surface area contributed by atoms with Gasteiger partial charge >= 0.3 is 6.09 Å². The molecule has 1 amide bonds. The van der Waals surface area contributed by atoms with E-state index in [1.54, 1.807) is 0 Å². The second-order valence-electron chi connectivity index (χ2n) is 3.28. The monoisotopic (exact) mass is 221 g/mol. The van der Waals surface area contributed by atoms with Crippen molar-refractivity contribution >= 4 is 18.7 Å². The quantitative estimate of drug-likeness (QED) is 0.404. The zero-order chi connectivity index (χ0) is 10.3. The summed E-state index contributed by atoms with van der Waals surface area (Å²) in [5.41, 5.74) is -0.577. The van der Waals surface area contributed by atoms with Crippen LogP contribution in [0.1, 0.15) is 0 Å². The van der Waals surface area contributed by atoms with Crippen molar-refractivity contribution in [1.29, 1.82) is 0 Å². The van der Waals surface area contributed by atoms with Crippen molar-refractivity contribution in [3.63, 3.8) is 0 Å². The lowest BCUT2D eigenvalue weighted by Crippen LogP contribution is -2.58. The van der Waals surface area contributed by atoms with Gasteiger partial charge in [0.05, 0.1) is 6.61 Å². The maximum absolute atomic E-state index is 10.9. The zero-order valence-electron chi connectivity index (χ0n) is 7.16. The van der Waals surface area contributed by atoms with Gasteiger partial charge in [-0.1, -0.05) is 0 Å². The van der Waals surface area contributed by atoms with Gasteiger partial charge in [0.1, 0.15) is 23.7 Å². The van der Waals surface area contributed by atoms with E-state index in [1.807, 2.05) is 0 Å². The van der Waals surface area contributed by atoms with E-state index in [2.05, 4.69) is 17.9 Å². The molecule has 0 aromatic rings. The van der Waals surface area contributed by atoms with Crippen LogP contribution in [-0.2, 0) is 9.47 Å². The Morgan fingerprint density at radius 2 is 2.29 bits per heavy atom. The van der Waals surface area contributed by atoms with Gasteiger partial charge in [0.25, 0.3) is 0 Å². The number of fused-ring (bicyclic) bond motifs is 1. The van der Waals surface area contributed by atoms with E-state index in [-0.39, 0.29) is 6.61 Å². The van der Waals surface area contributed by atoms with E-state index in [9.17, 15) is 9.90 Å². The number of amides is 1. The maximum atomic E-state index is 10.9. The van der Waals surface area contributed by atoms with Gasteiger partial charge in [-0.2, -0.15) is 0 Å². The predicted octanol–water partition coefficient (Wildman–Crippen LogP) is -1.53. The number of carbonyl (C=O) groups is 1. The summed E-state index contributed by atoms with van der Waals surface area (Å²) in [7, 11) is 0. The van der Waals surface area contributed by atoms with Gasteiger partial charge in [-0.15, -0.1) is 12.6 Å². The Kier molecular flexibility index (Phi) is 2.56. The van der Waals surface area contributed by atoms with Crippen molar-refractivity contribution in [2.24, 2.45) is 0 Å². The minimum absolute atomic E-state index is 0.334. The largest absolute Gasteiger partial charge is 0.441 e. The maximum Gasteiger partial charge on any atom is 0.408 e. The van der Waals surface area contributed by atoms with Crippen LogP contribution in [0.3, 0.4) is 0 Å². The number of thiol groups is 1. The summed E-state index contributed by atoms with van der Waals surface area (Å²) in [6, 6.07) is -0.469. The molecular weight excluding hydrogens is 210 g/mol. The molecule has 2 rings (SSSR count). The molecule has 2 heterocycles. The lowest BCUT2D eigenvalue weighted by atomic mass is 9.99. The molecule has 6 nitrogen and oxygen atoms in total. The van der Waals surface area contributed by atoms with Crippen molar-refractivity contribution in [3.8, 4) is 0 Å². The number of aliphatic hydroxyl groups is 2. The summed E-state index contributed by atoms with van der Waals surface area (Å²) < 4.78 is 10.0. The highest BCUT2D eigenvalue weighted by Gasteiger charge is 2.50. The lowest BCUT2D eigenvalue weighted by Gasteiger charge is -2.37. The molecule has 3 N–H and O–H groups in total. The van der Waals surface area contributed by atoms with Crippen LogP contribution in [0, 0.1) is 0 Å². The second-order valence-corrected chi connectivity index (χ2v) is 3.79. The number of carbonyl (C=O) groups excluding carboxylic acids is 1. The fourth-order valence-corrected chi connectivity index (χ4v) is 2.07. The molecule has 2 fully saturated rings. The molecule has 14 heavy (non-hydrogen) atoms. The third kappa shape index (κ3) is 1.46. The zero-order valence-corrected chi connectivity index (χ0v) is 8.05. The third-order valence-corrected chi connectivity index (χ3v) is 2.84. The molecule has 0 bridgehead atoms. The average Bonchev–Trinajstić information content (AvgIpc) is 2.54. The Morgan fingerprint density at radius 1 is 1.57 bits per heavy atom. The number of hydrogen-bond acceptors (Lipinski definition) is 6. The molecule has 80 valence electrons. The molecule has 2 saturated heterocycles. The summed E-state index contributed by atoms with van der Waals surface area (Å²) in [5, 5.41) is 21.0. The van der Waals surface area contributed by atoms with Crippen LogP contribution in [-0.4, -0.2) is 52.7 Å². The number of hydrogen-bond donors (Lipinski definition) is 4. The summed E-state index contributed by atoms with van der Waals surface area (Å²) in [6.45, 7) is -0.334. The first-order valence-corrected chi connectivity index (χ1v) is 4.74. The Balaban J connectivity index is 2.15. The van der Waals surface area contributed by atoms with Crippen LogP contribution in [0.5, 0.6) is 0 Å². The van der Waals surface area contributed by atoms with E-state index < -0.39 is 35.9 Å². The molecule has 0 radical (unpaired) electrons. The van der Waals surface area contributed by atoms with Gasteiger partial charge in [0, 0.05) is 0 Å². The Bertz CT molecular complexity index is 250. The summed E-state index contributed by atoms with van der Waals surface area (Å²) in [4.78, 5) is 10.9. The summed E-state index contributed by atoms with van der Waals surface area (Å²) >= 11 is 4.09. The van der Waals surface area contributed by atoms with Crippen LogP contribution in [0.25, 0.3) is 0 Å². The number of ether oxygens (including phenoxy) is 2. The van der Waals surface area contributed by atoms with Gasteiger partial charge < -0.3 is 25.0 Å². The lowest BCUT2D eigenvalue weighted by molar-refractivity contribution is -0.154. The van der Waals surface area contributed by atoms with Crippen LogP contribution >= 0.6 is 12.6 Å². The molecule has 0 saturated carbocycles. The number of nitrogens with one attached hydrogen (secondary N) is 1. The predicted molar refractivity (Wildman–Crippen MR) is 47.9 cm³/mol. The number of rotatable bonds is 1. The van der Waals surface area contributed by atoms with Crippen LogP contribution < -0.4 is 5.32 Å². The number of alkyl carbamates (subject to hydrolysis) is 1. The molecule has 2 unspecified atom stereocenters. The molecule has 2 aliphatic heterocycles. The first-order valence-electron chi connectivity index (χ1n) is 4.23. The standard InChI is InChI=1S/C7H11NO5S/c9-1-2-4(10)5-3(6(14)12-2)8-7(11)13-5/h2-6,9-10,14H,1H2,(H,8,11)/t2?,3-,4+,5?,6-/m0/s1. The molecular formula is C7H11NO5S. The minimum atomic E-state index is -1.02. The van der Waals surface area contributed by atoms with Gasteiger partial charge in [-0.3, -0.25) is 0 Å². The smallest absolute Gasteiger partial charge is 0.408 e. The van der Waals surface area contributed by atoms with Crippen molar-refractivity contribution < 1.29 is 24.5 Å². The first-order chi connectivity index (χ1) is 6.63. The van der Waals surface area contributed by atoms with E-state index in [4.69, 9.17) is 14.6 Å². The van der Waals surface area contributed by atoms with Gasteiger partial charge in [-0.05, 0) is 0 Å². The topological polar surface area (TPSA) is 88.0 Å². The normalized spacial score (nSPS) is 46.8. The number of aliphatic hydroxyl groups excluding tert-OH is 2. The Morgan fingerprint density at radius 3 is 2.93 bits per heavy atom. The first kappa shape index (κ1) is 10.0. The van der Waals surface area contributed by atoms with Crippen LogP contribution in [0.4, 0.5) is 4.79 Å². The van der Waals surface area contributed by atoms with Gasteiger partial charge in [-0.25, -0.2) is 4.79 Å². The van der Waals surface area contributed by atoms with Crippen molar-refractivity contribution in [2.75, 3.05) is 6.61 Å². The van der Waals surface area contributed by atoms with E-state index in [0.29, 0.717) is 0 Å². The highest BCUT2D eigenvalue weighted by molar-refractivity contribution is 7.80. The van der Waals surface area contributed by atoms with Crippen LogP contribution in [0.15, 0.2) is 0 Å². The molecule has 7 heteroatoms. The second kappa shape index (κ2) is 3.58. The molecule has 5 atom stereocenters. The summed E-state index contributed by atoms with van der Waals surface area (Å²) in [5.74, 6) is 0. The van der Waals surface area contributed by atoms with Crippen molar-refractivity contribution in [2.45, 2.75) is 29.8 Å². The Labute approximate surface area is 85.6 Å². The fourth-order valence-electron chi connectivity index (χ4n) is 1.67. The highest BCUT2D eigenvalue weighted by Crippen LogP contribution is 2.28. The van der Waals surface area contributed by atoms with Crippen molar-refractivity contribution in [1.82, 2.24) is 5.32 Å². The van der Waals surface area contributed by atoms with Crippen LogP contribution in [0.2, 0.25) is 0 Å². The van der Waals surface area contributed by atoms with E-state index in [1.165, 1.54) is 0 Å². The van der Waals surface area contributed by atoms with Gasteiger partial charge in [0.15, 0.2) is 6.10 Å². The minimum Gasteiger partial charge on any atom is -0.441 e. The SMILES string of the molecule is O=C1N[C@H]2C(O1)[C@H](O)C(CO)O[C@H]2S. The molecule has 0 aromatic carbocycles. The third-order valence-electron chi connectivity index (χ3n) is 2.40. The highest BCUT2D eigenvalue weighted by atomic mass is 32.1. The van der Waals surface area contributed by atoms with E-state index >= 15 is 0 Å². The molecule has 0 spiro atoms. The van der Waals surface area contributed by atoms with Gasteiger partial charge in [0.2, 0.25) is 0 Å². The molecule has 2 aliphatic rings.